The van der Waals surface area contributed by atoms with Crippen LogP contribution in [0.3, 0.4) is 0 Å². The SMILES string of the molecule is CCCCNc1c(NCCCC(=O)N[C@@H](Cc2ccccc2)C(=O)OC)c(=O)c1=O. The standard InChI is InChI=1S/C22H29N3O5/c1-3-4-12-23-18-19(21(28)20(18)27)24-13-8-11-17(26)25-16(22(29)30-2)14-15-9-6-5-7-10-15/h5-7,9-10,16,23-24H,3-4,8,11-14H2,1-2H3,(H,25,26)/t16-/m0/s1. The highest BCUT2D eigenvalue weighted by atomic mass is 16.5. The van der Waals surface area contributed by atoms with E-state index >= 15 is 0 Å². The van der Waals surface area contributed by atoms with Crippen LogP contribution in [0.25, 0.3) is 0 Å². The van der Waals surface area contributed by atoms with E-state index in [1.807, 2.05) is 37.3 Å². The summed E-state index contributed by atoms with van der Waals surface area (Å²) in [5, 5.41) is 8.62. The Morgan fingerprint density at radius 1 is 0.967 bits per heavy atom. The van der Waals surface area contributed by atoms with Crippen molar-refractivity contribution in [3.63, 3.8) is 0 Å². The minimum absolute atomic E-state index is 0.170. The summed E-state index contributed by atoms with van der Waals surface area (Å²) < 4.78 is 4.79. The van der Waals surface area contributed by atoms with Crippen LogP contribution < -0.4 is 26.8 Å². The number of hydrogen-bond donors (Lipinski definition) is 3. The van der Waals surface area contributed by atoms with Gasteiger partial charge >= 0.3 is 5.97 Å². The monoisotopic (exact) mass is 415 g/mol. The Balaban J connectivity index is 1.80. The molecule has 2 aromatic carbocycles. The van der Waals surface area contributed by atoms with Crippen LogP contribution in [-0.4, -0.2) is 38.1 Å². The molecule has 2 aromatic rings. The van der Waals surface area contributed by atoms with Crippen molar-refractivity contribution in [1.82, 2.24) is 5.32 Å². The third kappa shape index (κ3) is 6.43. The molecular formula is C22H29N3O5. The Labute approximate surface area is 175 Å². The van der Waals surface area contributed by atoms with Gasteiger partial charge in [-0.25, -0.2) is 4.79 Å². The topological polar surface area (TPSA) is 114 Å². The zero-order valence-corrected chi connectivity index (χ0v) is 17.5. The molecule has 0 saturated carbocycles. The molecule has 0 aliphatic heterocycles. The maximum Gasteiger partial charge on any atom is 0.328 e. The molecule has 0 radical (unpaired) electrons. The molecule has 30 heavy (non-hydrogen) atoms. The summed E-state index contributed by atoms with van der Waals surface area (Å²) >= 11 is 0. The number of ether oxygens (including phenoxy) is 1. The molecule has 0 fully saturated rings. The Morgan fingerprint density at radius 2 is 1.57 bits per heavy atom. The van der Waals surface area contributed by atoms with E-state index < -0.39 is 22.9 Å². The predicted octanol–water partition coefficient (Wildman–Crippen LogP) is 1.59. The molecule has 0 aliphatic carbocycles. The number of amides is 1. The van der Waals surface area contributed by atoms with Crippen LogP contribution in [0, 0.1) is 0 Å². The zero-order chi connectivity index (χ0) is 21.9. The molecule has 8 nitrogen and oxygen atoms in total. The normalized spacial score (nSPS) is 11.7. The van der Waals surface area contributed by atoms with E-state index in [9.17, 15) is 19.2 Å². The second-order valence-corrected chi connectivity index (χ2v) is 7.05. The average molecular weight is 415 g/mol. The summed E-state index contributed by atoms with van der Waals surface area (Å²) in [7, 11) is 1.28. The third-order valence-electron chi connectivity index (χ3n) is 4.73. The van der Waals surface area contributed by atoms with Gasteiger partial charge < -0.3 is 20.7 Å². The second-order valence-electron chi connectivity index (χ2n) is 7.05. The average Bonchev–Trinajstić information content (AvgIpc) is 2.76. The molecule has 0 unspecified atom stereocenters. The van der Waals surface area contributed by atoms with Gasteiger partial charge in [0.2, 0.25) is 5.91 Å². The molecule has 0 spiro atoms. The molecule has 8 heteroatoms. The molecule has 162 valence electrons. The Morgan fingerprint density at radius 3 is 2.13 bits per heavy atom. The zero-order valence-electron chi connectivity index (χ0n) is 17.5. The van der Waals surface area contributed by atoms with Crippen LogP contribution in [0.4, 0.5) is 11.4 Å². The lowest BCUT2D eigenvalue weighted by molar-refractivity contribution is -0.145. The van der Waals surface area contributed by atoms with E-state index in [1.54, 1.807) is 0 Å². The Hall–Kier alpha value is -3.16. The number of carbonyl (C=O) groups is 2. The number of unbranched alkanes of at least 4 members (excludes halogenated alkanes) is 1. The van der Waals surface area contributed by atoms with Gasteiger partial charge in [0, 0.05) is 25.9 Å². The number of anilines is 2. The molecule has 3 N–H and O–H groups in total. The van der Waals surface area contributed by atoms with Gasteiger partial charge in [0.1, 0.15) is 17.4 Å². The highest BCUT2D eigenvalue weighted by molar-refractivity contribution is 5.84. The molecule has 1 amide bonds. The minimum Gasteiger partial charge on any atom is -0.467 e. The highest BCUT2D eigenvalue weighted by Gasteiger charge is 2.22. The van der Waals surface area contributed by atoms with Gasteiger partial charge in [-0.2, -0.15) is 0 Å². The number of benzene rings is 1. The van der Waals surface area contributed by atoms with Crippen molar-refractivity contribution < 1.29 is 14.3 Å². The first-order valence-corrected chi connectivity index (χ1v) is 10.2. The van der Waals surface area contributed by atoms with Gasteiger partial charge in [-0.3, -0.25) is 14.4 Å². The van der Waals surface area contributed by atoms with Crippen LogP contribution in [0.15, 0.2) is 39.9 Å². The van der Waals surface area contributed by atoms with Gasteiger partial charge in [0.15, 0.2) is 0 Å². The van der Waals surface area contributed by atoms with Gasteiger partial charge in [-0.15, -0.1) is 0 Å². The molecule has 0 heterocycles. The summed E-state index contributed by atoms with van der Waals surface area (Å²) in [4.78, 5) is 47.6. The summed E-state index contributed by atoms with van der Waals surface area (Å²) in [6.45, 7) is 3.04. The van der Waals surface area contributed by atoms with Crippen molar-refractivity contribution in [2.75, 3.05) is 30.8 Å². The fourth-order valence-electron chi connectivity index (χ4n) is 3.03. The Bertz CT molecular complexity index is 903. The van der Waals surface area contributed by atoms with Crippen LogP contribution >= 0.6 is 0 Å². The Kier molecular flexibility index (Phi) is 9.05. The summed E-state index contributed by atoms with van der Waals surface area (Å²) in [6.07, 6.45) is 2.84. The molecule has 1 atom stereocenters. The largest absolute Gasteiger partial charge is 0.467 e. The van der Waals surface area contributed by atoms with Crippen LogP contribution in [0.2, 0.25) is 0 Å². The highest BCUT2D eigenvalue weighted by Crippen LogP contribution is 2.14. The van der Waals surface area contributed by atoms with Crippen molar-refractivity contribution in [3.8, 4) is 0 Å². The third-order valence-corrected chi connectivity index (χ3v) is 4.73. The first kappa shape index (κ1) is 23.1. The molecular weight excluding hydrogens is 386 g/mol. The van der Waals surface area contributed by atoms with E-state index in [-0.39, 0.29) is 18.0 Å². The molecule has 0 saturated heterocycles. The van der Waals surface area contributed by atoms with E-state index in [4.69, 9.17) is 4.74 Å². The summed E-state index contributed by atoms with van der Waals surface area (Å²) in [6, 6.07) is 8.60. The summed E-state index contributed by atoms with van der Waals surface area (Å²) in [5.41, 5.74) is 0.484. The summed E-state index contributed by atoms with van der Waals surface area (Å²) in [5.74, 6) is -0.786. The van der Waals surface area contributed by atoms with E-state index in [2.05, 4.69) is 16.0 Å². The number of esters is 1. The van der Waals surface area contributed by atoms with E-state index in [1.165, 1.54) is 7.11 Å². The van der Waals surface area contributed by atoms with Gasteiger partial charge in [0.05, 0.1) is 7.11 Å². The fourth-order valence-corrected chi connectivity index (χ4v) is 3.03. The van der Waals surface area contributed by atoms with Crippen LogP contribution in [0.5, 0.6) is 0 Å². The molecule has 0 aromatic heterocycles. The minimum atomic E-state index is -0.763. The molecule has 0 aliphatic rings. The van der Waals surface area contributed by atoms with Crippen molar-refractivity contribution >= 4 is 23.3 Å². The van der Waals surface area contributed by atoms with Gasteiger partial charge in [0.25, 0.3) is 10.9 Å². The van der Waals surface area contributed by atoms with Gasteiger partial charge in [-0.05, 0) is 18.4 Å². The lowest BCUT2D eigenvalue weighted by Crippen LogP contribution is -2.43. The number of rotatable bonds is 13. The number of methoxy groups -OCH3 is 1. The smallest absolute Gasteiger partial charge is 0.328 e. The van der Waals surface area contributed by atoms with Gasteiger partial charge in [-0.1, -0.05) is 43.7 Å². The van der Waals surface area contributed by atoms with Crippen molar-refractivity contribution in [3.05, 3.63) is 56.3 Å². The van der Waals surface area contributed by atoms with Crippen molar-refractivity contribution in [2.45, 2.75) is 45.1 Å². The number of carbonyl (C=O) groups excluding carboxylic acids is 2. The fraction of sp³-hybridized carbons (Fsp3) is 0.455. The van der Waals surface area contributed by atoms with Crippen molar-refractivity contribution in [2.24, 2.45) is 0 Å². The molecule has 0 bridgehead atoms. The maximum atomic E-state index is 12.3. The van der Waals surface area contributed by atoms with E-state index in [0.717, 1.165) is 18.4 Å². The van der Waals surface area contributed by atoms with Crippen molar-refractivity contribution in [1.29, 1.82) is 0 Å². The quantitative estimate of drug-likeness (QED) is 0.259. The first-order valence-electron chi connectivity index (χ1n) is 10.2. The number of nitrogens with one attached hydrogen (secondary N) is 3. The maximum absolute atomic E-state index is 12.3. The van der Waals surface area contributed by atoms with E-state index in [0.29, 0.717) is 31.6 Å². The lowest BCUT2D eigenvalue weighted by atomic mass is 10.1. The predicted molar refractivity (Wildman–Crippen MR) is 117 cm³/mol. The second kappa shape index (κ2) is 11.7. The number of hydrogen-bond acceptors (Lipinski definition) is 7. The van der Waals surface area contributed by atoms with Crippen LogP contribution in [0.1, 0.15) is 38.2 Å². The van der Waals surface area contributed by atoms with Crippen LogP contribution in [-0.2, 0) is 20.7 Å². The molecule has 2 rings (SSSR count). The lowest BCUT2D eigenvalue weighted by Gasteiger charge is -2.17. The first-order chi connectivity index (χ1) is 14.5.